The number of carbonyl (C=O) groups is 1. The van der Waals surface area contributed by atoms with Crippen LogP contribution in [-0.4, -0.2) is 44.1 Å². The molecule has 1 aromatic carbocycles. The summed E-state index contributed by atoms with van der Waals surface area (Å²) in [6.45, 7) is 6.92. The highest BCUT2D eigenvalue weighted by Gasteiger charge is 2.37. The summed E-state index contributed by atoms with van der Waals surface area (Å²) in [4.78, 5) is 14.2. The maximum Gasteiger partial charge on any atom is 0.229 e. The smallest absolute Gasteiger partial charge is 0.229 e. The predicted molar refractivity (Wildman–Crippen MR) is 79.9 cm³/mol. The first-order chi connectivity index (χ1) is 9.51. The molecule has 4 nitrogen and oxygen atoms in total. The van der Waals surface area contributed by atoms with Crippen molar-refractivity contribution in [2.24, 2.45) is 5.41 Å². The highest BCUT2D eigenvalue weighted by molar-refractivity contribution is 5.82. The number of rotatable bonds is 5. The standard InChI is InChI=1S/C16H24N2O2/c1-13-4-6-14(7-5-13)20-11-10-18(3)15(19)16(2)8-9-17-12-16/h4-7,17H,8-12H2,1-3H3. The van der Waals surface area contributed by atoms with Crippen LogP contribution in [0.3, 0.4) is 0 Å². The third kappa shape index (κ3) is 3.51. The molecular formula is C16H24N2O2. The fourth-order valence-electron chi connectivity index (χ4n) is 2.50. The molecule has 1 amide bonds. The van der Waals surface area contributed by atoms with E-state index in [1.54, 1.807) is 4.90 Å². The largest absolute Gasteiger partial charge is 0.492 e. The van der Waals surface area contributed by atoms with Crippen molar-refractivity contribution in [1.82, 2.24) is 10.2 Å². The molecule has 1 aliphatic rings. The molecule has 0 aliphatic carbocycles. The molecule has 1 heterocycles. The molecule has 1 unspecified atom stereocenters. The summed E-state index contributed by atoms with van der Waals surface area (Å²) in [6.07, 6.45) is 0.912. The third-order valence-electron chi connectivity index (χ3n) is 3.95. The van der Waals surface area contributed by atoms with Crippen molar-refractivity contribution < 1.29 is 9.53 Å². The Hall–Kier alpha value is -1.55. The van der Waals surface area contributed by atoms with Gasteiger partial charge in [-0.15, -0.1) is 0 Å². The number of nitrogens with one attached hydrogen (secondary N) is 1. The van der Waals surface area contributed by atoms with E-state index in [0.29, 0.717) is 13.2 Å². The summed E-state index contributed by atoms with van der Waals surface area (Å²) in [5.41, 5.74) is 0.963. The molecule has 1 atom stereocenters. The number of aryl methyl sites for hydroxylation is 1. The maximum atomic E-state index is 12.4. The molecule has 0 radical (unpaired) electrons. The summed E-state index contributed by atoms with van der Waals surface area (Å²) in [5.74, 6) is 1.06. The molecule has 1 N–H and O–H groups in total. The second-order valence-electron chi connectivity index (χ2n) is 5.88. The molecule has 0 bridgehead atoms. The van der Waals surface area contributed by atoms with E-state index < -0.39 is 0 Å². The molecule has 0 spiro atoms. The van der Waals surface area contributed by atoms with E-state index in [1.807, 2.05) is 45.2 Å². The fourth-order valence-corrected chi connectivity index (χ4v) is 2.50. The van der Waals surface area contributed by atoms with Crippen LogP contribution in [-0.2, 0) is 4.79 Å². The molecule has 2 rings (SSSR count). The highest BCUT2D eigenvalue weighted by atomic mass is 16.5. The van der Waals surface area contributed by atoms with Crippen LogP contribution in [0.25, 0.3) is 0 Å². The van der Waals surface area contributed by atoms with E-state index in [0.717, 1.165) is 25.3 Å². The number of nitrogens with zero attached hydrogens (tertiary/aromatic N) is 1. The molecule has 4 heteroatoms. The molecular weight excluding hydrogens is 252 g/mol. The Bertz CT molecular complexity index is 450. The van der Waals surface area contributed by atoms with Crippen LogP contribution in [0.1, 0.15) is 18.9 Å². The average molecular weight is 276 g/mol. The van der Waals surface area contributed by atoms with Gasteiger partial charge in [0.1, 0.15) is 12.4 Å². The number of benzene rings is 1. The summed E-state index contributed by atoms with van der Waals surface area (Å²) in [6, 6.07) is 7.96. The Balaban J connectivity index is 1.78. The first-order valence-electron chi connectivity index (χ1n) is 7.17. The van der Waals surface area contributed by atoms with E-state index in [9.17, 15) is 4.79 Å². The zero-order valence-corrected chi connectivity index (χ0v) is 12.6. The predicted octanol–water partition coefficient (Wildman–Crippen LogP) is 1.83. The Labute approximate surface area is 121 Å². The van der Waals surface area contributed by atoms with Gasteiger partial charge in [-0.2, -0.15) is 0 Å². The quantitative estimate of drug-likeness (QED) is 0.892. The van der Waals surface area contributed by atoms with Gasteiger partial charge in [0.2, 0.25) is 5.91 Å². The van der Waals surface area contributed by atoms with Crippen molar-refractivity contribution in [3.05, 3.63) is 29.8 Å². The molecule has 1 fully saturated rings. The van der Waals surface area contributed by atoms with Gasteiger partial charge in [-0.25, -0.2) is 0 Å². The van der Waals surface area contributed by atoms with Gasteiger partial charge >= 0.3 is 0 Å². The van der Waals surface area contributed by atoms with Gasteiger partial charge in [-0.1, -0.05) is 17.7 Å². The summed E-state index contributed by atoms with van der Waals surface area (Å²) in [7, 11) is 1.85. The Morgan fingerprint density at radius 1 is 1.40 bits per heavy atom. The first-order valence-corrected chi connectivity index (χ1v) is 7.17. The number of carbonyl (C=O) groups excluding carboxylic acids is 1. The number of likely N-dealkylation sites (N-methyl/N-ethyl adjacent to an activating group) is 1. The molecule has 0 saturated carbocycles. The lowest BCUT2D eigenvalue weighted by molar-refractivity contribution is -0.139. The Kier molecular flexibility index (Phi) is 4.65. The van der Waals surface area contributed by atoms with Crippen LogP contribution < -0.4 is 10.1 Å². The number of ether oxygens (including phenoxy) is 1. The van der Waals surface area contributed by atoms with Crippen molar-refractivity contribution in [3.63, 3.8) is 0 Å². The topological polar surface area (TPSA) is 41.6 Å². The summed E-state index contributed by atoms with van der Waals surface area (Å²) >= 11 is 0. The zero-order chi connectivity index (χ0) is 14.6. The van der Waals surface area contributed by atoms with Gasteiger partial charge in [0, 0.05) is 13.6 Å². The second kappa shape index (κ2) is 6.27. The van der Waals surface area contributed by atoms with E-state index in [1.165, 1.54) is 5.56 Å². The van der Waals surface area contributed by atoms with Crippen LogP contribution in [0, 0.1) is 12.3 Å². The lowest BCUT2D eigenvalue weighted by Crippen LogP contribution is -2.43. The maximum absolute atomic E-state index is 12.4. The summed E-state index contributed by atoms with van der Waals surface area (Å²) in [5, 5.41) is 3.26. The van der Waals surface area contributed by atoms with Gasteiger partial charge < -0.3 is 15.0 Å². The van der Waals surface area contributed by atoms with Gasteiger partial charge in [-0.3, -0.25) is 4.79 Å². The minimum Gasteiger partial charge on any atom is -0.492 e. The van der Waals surface area contributed by atoms with Crippen molar-refractivity contribution in [1.29, 1.82) is 0 Å². The van der Waals surface area contributed by atoms with Crippen molar-refractivity contribution in [3.8, 4) is 5.75 Å². The molecule has 1 saturated heterocycles. The fraction of sp³-hybridized carbons (Fsp3) is 0.562. The van der Waals surface area contributed by atoms with Gasteiger partial charge in [0.15, 0.2) is 0 Å². The summed E-state index contributed by atoms with van der Waals surface area (Å²) < 4.78 is 5.67. The molecule has 1 aliphatic heterocycles. The second-order valence-corrected chi connectivity index (χ2v) is 5.88. The Morgan fingerprint density at radius 3 is 2.70 bits per heavy atom. The van der Waals surface area contributed by atoms with Crippen molar-refractivity contribution >= 4 is 5.91 Å². The SMILES string of the molecule is Cc1ccc(OCCN(C)C(=O)C2(C)CCNC2)cc1. The molecule has 0 aromatic heterocycles. The monoisotopic (exact) mass is 276 g/mol. The van der Waals surface area contributed by atoms with Crippen LogP contribution in [0.5, 0.6) is 5.75 Å². The number of amides is 1. The lowest BCUT2D eigenvalue weighted by atomic mass is 9.88. The Morgan fingerprint density at radius 2 is 2.10 bits per heavy atom. The van der Waals surface area contributed by atoms with Crippen LogP contribution in [0.15, 0.2) is 24.3 Å². The van der Waals surface area contributed by atoms with E-state index in [4.69, 9.17) is 4.74 Å². The van der Waals surface area contributed by atoms with E-state index in [2.05, 4.69) is 5.32 Å². The van der Waals surface area contributed by atoms with Gasteiger partial charge in [0.05, 0.1) is 12.0 Å². The molecule has 20 heavy (non-hydrogen) atoms. The minimum atomic E-state index is -0.251. The molecule has 110 valence electrons. The third-order valence-corrected chi connectivity index (χ3v) is 3.95. The number of hydrogen-bond donors (Lipinski definition) is 1. The van der Waals surface area contributed by atoms with Crippen LogP contribution in [0.2, 0.25) is 0 Å². The van der Waals surface area contributed by atoms with Crippen LogP contribution >= 0.6 is 0 Å². The van der Waals surface area contributed by atoms with Gasteiger partial charge in [0.25, 0.3) is 0 Å². The van der Waals surface area contributed by atoms with E-state index in [-0.39, 0.29) is 11.3 Å². The van der Waals surface area contributed by atoms with Gasteiger partial charge in [-0.05, 0) is 38.9 Å². The lowest BCUT2D eigenvalue weighted by Gasteiger charge is -2.28. The highest BCUT2D eigenvalue weighted by Crippen LogP contribution is 2.26. The molecule has 1 aromatic rings. The van der Waals surface area contributed by atoms with Crippen molar-refractivity contribution in [2.75, 3.05) is 33.3 Å². The first kappa shape index (κ1) is 14.9. The average Bonchev–Trinajstić information content (AvgIpc) is 2.88. The van der Waals surface area contributed by atoms with Crippen LogP contribution in [0.4, 0.5) is 0 Å². The normalized spacial score (nSPS) is 21.8. The van der Waals surface area contributed by atoms with Crippen molar-refractivity contribution in [2.45, 2.75) is 20.3 Å². The number of hydrogen-bond acceptors (Lipinski definition) is 3. The minimum absolute atomic E-state index is 0.204. The van der Waals surface area contributed by atoms with E-state index >= 15 is 0 Å². The zero-order valence-electron chi connectivity index (χ0n) is 12.6.